The van der Waals surface area contributed by atoms with E-state index in [1.165, 1.54) is 0 Å². The van der Waals surface area contributed by atoms with Crippen LogP contribution in [0.3, 0.4) is 0 Å². The summed E-state index contributed by atoms with van der Waals surface area (Å²) >= 11 is 3.38. The van der Waals surface area contributed by atoms with Crippen LogP contribution in [0, 0.1) is 6.92 Å². The molecular weight excluding hydrogens is 334 g/mol. The number of carboxylic acids is 1. The summed E-state index contributed by atoms with van der Waals surface area (Å²) < 4.78 is 2.49. The molecule has 0 aliphatic rings. The normalized spacial score (nSPS) is 12.1. The van der Waals surface area contributed by atoms with Crippen LogP contribution in [0.4, 0.5) is 0 Å². The van der Waals surface area contributed by atoms with Crippen molar-refractivity contribution in [1.29, 1.82) is 0 Å². The molecule has 0 fully saturated rings. The van der Waals surface area contributed by atoms with Crippen molar-refractivity contribution in [3.8, 4) is 0 Å². The minimum atomic E-state index is -0.846. The van der Waals surface area contributed by atoms with Gasteiger partial charge in [0.15, 0.2) is 0 Å². The number of aliphatic carboxylic acids is 1. The van der Waals surface area contributed by atoms with Crippen LogP contribution in [0.15, 0.2) is 45.8 Å². The Morgan fingerprint density at radius 1 is 1.33 bits per heavy atom. The molecule has 1 N–H and O–H groups in total. The molecule has 1 unspecified atom stereocenters. The zero-order valence-electron chi connectivity index (χ0n) is 11.8. The van der Waals surface area contributed by atoms with Crippen LogP contribution in [0.5, 0.6) is 0 Å². The van der Waals surface area contributed by atoms with Crippen LogP contribution < -0.4 is 5.56 Å². The van der Waals surface area contributed by atoms with Gasteiger partial charge in [-0.1, -0.05) is 24.3 Å². The molecule has 0 aliphatic carbocycles. The number of nitrogens with zero attached hydrogens (tertiary/aromatic N) is 1. The van der Waals surface area contributed by atoms with Crippen molar-refractivity contribution >= 4 is 21.9 Å². The first kappa shape index (κ1) is 15.5. The Hall–Kier alpha value is -1.88. The average Bonchev–Trinajstić information content (AvgIpc) is 2.44. The number of carboxylic acid groups (broad SMARTS) is 1. The highest BCUT2D eigenvalue weighted by atomic mass is 79.9. The van der Waals surface area contributed by atoms with Gasteiger partial charge >= 0.3 is 5.97 Å². The maximum atomic E-state index is 12.1. The Morgan fingerprint density at radius 2 is 1.95 bits per heavy atom. The van der Waals surface area contributed by atoms with Crippen molar-refractivity contribution in [1.82, 2.24) is 4.57 Å². The van der Waals surface area contributed by atoms with E-state index >= 15 is 0 Å². The largest absolute Gasteiger partial charge is 0.481 e. The third-order valence-electron chi connectivity index (χ3n) is 3.43. The fraction of sp³-hybridized carbons (Fsp3) is 0.250. The van der Waals surface area contributed by atoms with E-state index in [-0.39, 0.29) is 5.56 Å². The summed E-state index contributed by atoms with van der Waals surface area (Å²) in [5.74, 6) is -1.38. The highest BCUT2D eigenvalue weighted by Gasteiger charge is 2.13. The first-order valence-corrected chi connectivity index (χ1v) is 7.36. The van der Waals surface area contributed by atoms with Crippen LogP contribution in [0.2, 0.25) is 0 Å². The molecule has 5 heteroatoms. The molecule has 0 aliphatic heterocycles. The monoisotopic (exact) mass is 349 g/mol. The van der Waals surface area contributed by atoms with E-state index < -0.39 is 11.9 Å². The van der Waals surface area contributed by atoms with Crippen LogP contribution in [-0.4, -0.2) is 15.6 Å². The number of aromatic nitrogens is 1. The predicted molar refractivity (Wildman–Crippen MR) is 84.7 cm³/mol. The number of halogens is 1. The number of pyridine rings is 1. The lowest BCUT2D eigenvalue weighted by Gasteiger charge is -2.10. The number of hydrogen-bond acceptors (Lipinski definition) is 2. The molecule has 1 heterocycles. The fourth-order valence-electron chi connectivity index (χ4n) is 2.11. The highest BCUT2D eigenvalue weighted by Crippen LogP contribution is 2.17. The van der Waals surface area contributed by atoms with Gasteiger partial charge < -0.3 is 9.67 Å². The smallest absolute Gasteiger partial charge is 0.310 e. The van der Waals surface area contributed by atoms with Gasteiger partial charge in [0.05, 0.1) is 12.5 Å². The molecular formula is C16H16BrNO3. The van der Waals surface area contributed by atoms with Crippen molar-refractivity contribution in [3.05, 3.63) is 68.0 Å². The number of hydrogen-bond donors (Lipinski definition) is 1. The van der Waals surface area contributed by atoms with E-state index in [4.69, 9.17) is 5.11 Å². The van der Waals surface area contributed by atoms with Gasteiger partial charge in [0.1, 0.15) is 0 Å². The molecule has 0 spiro atoms. The second-order valence-corrected chi connectivity index (χ2v) is 5.99. The summed E-state index contributed by atoms with van der Waals surface area (Å²) in [6.45, 7) is 3.89. The quantitative estimate of drug-likeness (QED) is 0.922. The Kier molecular flexibility index (Phi) is 4.63. The second kappa shape index (κ2) is 6.26. The lowest BCUT2D eigenvalue weighted by Crippen LogP contribution is -2.22. The number of carbonyl (C=O) groups is 1. The lowest BCUT2D eigenvalue weighted by atomic mass is 10.00. The van der Waals surface area contributed by atoms with Crippen LogP contribution in [0.1, 0.15) is 29.5 Å². The Morgan fingerprint density at radius 3 is 2.52 bits per heavy atom. The molecule has 110 valence electrons. The average molecular weight is 350 g/mol. The minimum absolute atomic E-state index is 0.0267. The first-order valence-electron chi connectivity index (χ1n) is 6.56. The van der Waals surface area contributed by atoms with Crippen LogP contribution in [-0.2, 0) is 11.3 Å². The topological polar surface area (TPSA) is 59.3 Å². The zero-order chi connectivity index (χ0) is 15.6. The lowest BCUT2D eigenvalue weighted by molar-refractivity contribution is -0.138. The molecule has 0 amide bonds. The molecule has 1 atom stereocenters. The maximum Gasteiger partial charge on any atom is 0.310 e. The van der Waals surface area contributed by atoms with Gasteiger partial charge in [-0.15, -0.1) is 0 Å². The molecule has 0 radical (unpaired) electrons. The number of benzene rings is 1. The van der Waals surface area contributed by atoms with Gasteiger partial charge in [-0.25, -0.2) is 0 Å². The van der Waals surface area contributed by atoms with Gasteiger partial charge in [-0.3, -0.25) is 9.59 Å². The van der Waals surface area contributed by atoms with Crippen LogP contribution >= 0.6 is 15.9 Å². The molecule has 21 heavy (non-hydrogen) atoms. The summed E-state index contributed by atoms with van der Waals surface area (Å²) in [6.07, 6.45) is 1.75. The summed E-state index contributed by atoms with van der Waals surface area (Å²) in [7, 11) is 0. The highest BCUT2D eigenvalue weighted by molar-refractivity contribution is 9.10. The Balaban J connectivity index is 2.25. The van der Waals surface area contributed by atoms with E-state index in [0.29, 0.717) is 12.1 Å². The van der Waals surface area contributed by atoms with Crippen molar-refractivity contribution in [2.24, 2.45) is 0 Å². The van der Waals surface area contributed by atoms with E-state index in [1.54, 1.807) is 42.8 Å². The molecule has 0 saturated heterocycles. The Bertz CT molecular complexity index is 719. The molecule has 4 nitrogen and oxygen atoms in total. The van der Waals surface area contributed by atoms with Crippen molar-refractivity contribution in [3.63, 3.8) is 0 Å². The number of rotatable bonds is 4. The third-order valence-corrected chi connectivity index (χ3v) is 3.87. The van der Waals surface area contributed by atoms with Crippen molar-refractivity contribution < 1.29 is 9.90 Å². The van der Waals surface area contributed by atoms with Crippen LogP contribution in [0.25, 0.3) is 0 Å². The molecule has 2 rings (SSSR count). The molecule has 0 saturated carbocycles. The van der Waals surface area contributed by atoms with E-state index in [2.05, 4.69) is 15.9 Å². The number of aryl methyl sites for hydroxylation is 1. The van der Waals surface area contributed by atoms with Gasteiger partial charge in [-0.2, -0.15) is 0 Å². The molecule has 0 bridgehead atoms. The van der Waals surface area contributed by atoms with E-state index in [0.717, 1.165) is 15.6 Å². The van der Waals surface area contributed by atoms with Gasteiger partial charge in [-0.05, 0) is 47.0 Å². The molecule has 1 aromatic heterocycles. The van der Waals surface area contributed by atoms with Crippen molar-refractivity contribution in [2.75, 3.05) is 0 Å². The van der Waals surface area contributed by atoms with E-state index in [9.17, 15) is 9.59 Å². The Labute approximate surface area is 131 Å². The predicted octanol–water partition coefficient (Wildman–Crippen LogP) is 3.16. The molecule has 1 aromatic carbocycles. The summed E-state index contributed by atoms with van der Waals surface area (Å²) in [5, 5.41) is 8.99. The van der Waals surface area contributed by atoms with Gasteiger partial charge in [0, 0.05) is 16.2 Å². The SMILES string of the molecule is Cc1cc(Br)cn(Cc2ccc(C(C)C(=O)O)cc2)c1=O. The second-order valence-electron chi connectivity index (χ2n) is 5.08. The summed E-state index contributed by atoms with van der Waals surface area (Å²) in [6, 6.07) is 9.10. The first-order chi connectivity index (χ1) is 9.88. The maximum absolute atomic E-state index is 12.1. The molecule has 2 aromatic rings. The van der Waals surface area contributed by atoms with E-state index in [1.807, 2.05) is 12.1 Å². The summed E-state index contributed by atoms with van der Waals surface area (Å²) in [5.41, 5.74) is 2.36. The zero-order valence-corrected chi connectivity index (χ0v) is 13.4. The minimum Gasteiger partial charge on any atom is -0.481 e. The summed E-state index contributed by atoms with van der Waals surface area (Å²) in [4.78, 5) is 23.0. The standard InChI is InChI=1S/C16H16BrNO3/c1-10-7-14(17)9-18(15(10)19)8-12-3-5-13(6-4-12)11(2)16(20)21/h3-7,9,11H,8H2,1-2H3,(H,20,21). The van der Waals surface area contributed by atoms with Gasteiger partial charge in [0.25, 0.3) is 5.56 Å². The fourth-order valence-corrected chi connectivity index (χ4v) is 2.70. The third kappa shape index (κ3) is 3.61. The van der Waals surface area contributed by atoms with Gasteiger partial charge in [0.2, 0.25) is 0 Å². The van der Waals surface area contributed by atoms with Crippen molar-refractivity contribution in [2.45, 2.75) is 26.3 Å².